The molecule has 7 rings (SSSR count). The Morgan fingerprint density at radius 2 is 1.25 bits per heavy atom. The summed E-state index contributed by atoms with van der Waals surface area (Å²) in [5, 5.41) is 0. The number of rotatable bonds is 15. The van der Waals surface area contributed by atoms with Gasteiger partial charge in [0.05, 0.1) is 32.0 Å². The first-order valence-corrected chi connectivity index (χ1v) is 18.1. The lowest BCUT2D eigenvalue weighted by Crippen LogP contribution is -2.22. The lowest BCUT2D eigenvalue weighted by atomic mass is 9.90. The molecule has 0 radical (unpaired) electrons. The van der Waals surface area contributed by atoms with Gasteiger partial charge in [-0.1, -0.05) is 110 Å². The van der Waals surface area contributed by atoms with E-state index in [0.717, 1.165) is 41.2 Å². The van der Waals surface area contributed by atoms with Gasteiger partial charge in [-0.05, 0) is 95.1 Å². The maximum Gasteiger partial charge on any atom is 0.330 e. The Hall–Kier alpha value is -5.23. The number of fused-ring (bicyclic) bond motifs is 1. The highest BCUT2D eigenvalue weighted by Gasteiger charge is 2.46. The second-order valence-corrected chi connectivity index (χ2v) is 13.3. The summed E-state index contributed by atoms with van der Waals surface area (Å²) in [5.41, 5.74) is 10.2. The number of anilines is 3. The molecule has 51 heavy (non-hydrogen) atoms. The number of benzene rings is 5. The van der Waals surface area contributed by atoms with E-state index in [0.29, 0.717) is 37.8 Å². The molecule has 2 unspecified atom stereocenters. The molecule has 2 fully saturated rings. The van der Waals surface area contributed by atoms with Crippen LogP contribution in [0.3, 0.4) is 0 Å². The van der Waals surface area contributed by atoms with E-state index >= 15 is 0 Å². The van der Waals surface area contributed by atoms with Crippen LogP contribution in [-0.4, -0.2) is 38.0 Å². The van der Waals surface area contributed by atoms with Gasteiger partial charge in [-0.15, -0.1) is 0 Å². The average molecular weight is 676 g/mol. The molecule has 1 aliphatic heterocycles. The second-order valence-electron chi connectivity index (χ2n) is 13.3. The molecule has 0 aromatic heterocycles. The summed E-state index contributed by atoms with van der Waals surface area (Å²) in [6, 6.07) is 47.1. The van der Waals surface area contributed by atoms with E-state index < -0.39 is 5.97 Å². The number of epoxide rings is 1. The lowest BCUT2D eigenvalue weighted by Gasteiger charge is -2.26. The van der Waals surface area contributed by atoms with Crippen LogP contribution in [0.2, 0.25) is 0 Å². The molecule has 1 heterocycles. The van der Waals surface area contributed by atoms with Crippen LogP contribution in [0.15, 0.2) is 146 Å². The Kier molecular flexibility index (Phi) is 11.2. The van der Waals surface area contributed by atoms with Gasteiger partial charge in [0, 0.05) is 35.5 Å². The molecule has 1 saturated carbocycles. The summed E-state index contributed by atoms with van der Waals surface area (Å²) in [6.07, 6.45) is 9.58. The minimum atomic E-state index is -0.402. The summed E-state index contributed by atoms with van der Waals surface area (Å²) in [6.45, 7) is 5.30. The molecule has 5 aromatic rings. The Morgan fingerprint density at radius 1 is 0.706 bits per heavy atom. The summed E-state index contributed by atoms with van der Waals surface area (Å²) < 4.78 is 17.1. The highest BCUT2D eigenvalue weighted by molar-refractivity contribution is 5.91. The maximum absolute atomic E-state index is 11.5. The maximum atomic E-state index is 11.5. The predicted octanol–water partition coefficient (Wildman–Crippen LogP) is 10.1. The van der Waals surface area contributed by atoms with Crippen molar-refractivity contribution in [1.82, 2.24) is 0 Å². The minimum Gasteiger partial charge on any atom is -0.462 e. The predicted molar refractivity (Wildman–Crippen MR) is 206 cm³/mol. The third-order valence-corrected chi connectivity index (χ3v) is 9.84. The average Bonchev–Trinajstić information content (AvgIpc) is 3.99. The Labute approximate surface area is 301 Å². The van der Waals surface area contributed by atoms with Crippen molar-refractivity contribution in [3.05, 3.63) is 174 Å². The number of esters is 1. The molecule has 5 nitrogen and oxygen atoms in total. The van der Waals surface area contributed by atoms with Gasteiger partial charge in [-0.25, -0.2) is 4.79 Å². The smallest absolute Gasteiger partial charge is 0.330 e. The van der Waals surface area contributed by atoms with Crippen LogP contribution in [0, 0.1) is 5.92 Å². The molecule has 0 amide bonds. The summed E-state index contributed by atoms with van der Waals surface area (Å²) >= 11 is 0. The SMILES string of the molecule is C=CC(=O)OCCc1ccc(N(c2ccc(C=C(c3ccccc3)c3ccccc3)cc2)c2ccc(CCOCC3CCC[C@@H]4OC34)cc2)cc1. The van der Waals surface area contributed by atoms with E-state index in [-0.39, 0.29) is 0 Å². The first-order valence-electron chi connectivity index (χ1n) is 18.1. The van der Waals surface area contributed by atoms with Crippen molar-refractivity contribution in [2.45, 2.75) is 44.3 Å². The van der Waals surface area contributed by atoms with Crippen molar-refractivity contribution in [2.24, 2.45) is 5.92 Å². The first-order chi connectivity index (χ1) is 25.1. The van der Waals surface area contributed by atoms with Crippen molar-refractivity contribution in [1.29, 1.82) is 0 Å². The van der Waals surface area contributed by atoms with Gasteiger partial charge in [0.2, 0.25) is 0 Å². The largest absolute Gasteiger partial charge is 0.462 e. The van der Waals surface area contributed by atoms with Gasteiger partial charge in [0.15, 0.2) is 0 Å². The molecule has 3 atom stereocenters. The van der Waals surface area contributed by atoms with Crippen molar-refractivity contribution < 1.29 is 19.0 Å². The van der Waals surface area contributed by atoms with E-state index in [1.165, 1.54) is 47.6 Å². The van der Waals surface area contributed by atoms with E-state index in [2.05, 4.69) is 151 Å². The molecular weight excluding hydrogens is 631 g/mol. The van der Waals surface area contributed by atoms with Crippen LogP contribution < -0.4 is 4.90 Å². The molecule has 5 heteroatoms. The van der Waals surface area contributed by atoms with Gasteiger partial charge >= 0.3 is 5.97 Å². The first kappa shape index (κ1) is 34.2. The lowest BCUT2D eigenvalue weighted by molar-refractivity contribution is -0.137. The van der Waals surface area contributed by atoms with E-state index in [1.807, 2.05) is 0 Å². The van der Waals surface area contributed by atoms with Gasteiger partial charge in [-0.2, -0.15) is 0 Å². The molecule has 0 spiro atoms. The van der Waals surface area contributed by atoms with Crippen molar-refractivity contribution >= 4 is 34.7 Å². The fraction of sp³-hybridized carbons (Fsp3) is 0.239. The molecule has 0 bridgehead atoms. The second kappa shape index (κ2) is 16.7. The number of hydrogen-bond donors (Lipinski definition) is 0. The normalized spacial score (nSPS) is 17.5. The molecule has 1 saturated heterocycles. The molecule has 1 aliphatic carbocycles. The monoisotopic (exact) mass is 675 g/mol. The fourth-order valence-corrected chi connectivity index (χ4v) is 7.01. The number of hydrogen-bond acceptors (Lipinski definition) is 5. The molecular formula is C46H45NO4. The van der Waals surface area contributed by atoms with Gasteiger partial charge in [0.1, 0.15) is 0 Å². The molecule has 258 valence electrons. The number of carbonyl (C=O) groups is 1. The third-order valence-electron chi connectivity index (χ3n) is 9.84. The quantitative estimate of drug-likeness (QED) is 0.0364. The van der Waals surface area contributed by atoms with Crippen molar-refractivity contribution in [3.63, 3.8) is 0 Å². The number of ether oxygens (including phenoxy) is 3. The fourth-order valence-electron chi connectivity index (χ4n) is 7.01. The van der Waals surface area contributed by atoms with Crippen LogP contribution in [0.25, 0.3) is 11.6 Å². The Bertz CT molecular complexity index is 1860. The highest BCUT2D eigenvalue weighted by atomic mass is 16.6. The standard InChI is InChI=1S/C46H45NO4/c1-2-45(48)50-31-29-35-18-24-41(25-19-35)47(40-22-16-34(17-23-40)28-30-49-33-39-14-9-15-44-46(39)51-44)42-26-20-36(21-27-42)32-43(37-10-5-3-6-11-37)38-12-7-4-8-13-38/h2-8,10-13,16-27,32,39,44,46H,1,9,14-15,28-31,33H2/t39?,44-,46?/m0/s1. The zero-order chi connectivity index (χ0) is 34.8. The Balaban J connectivity index is 1.10. The zero-order valence-electron chi connectivity index (χ0n) is 29.0. The summed E-state index contributed by atoms with van der Waals surface area (Å²) in [7, 11) is 0. The van der Waals surface area contributed by atoms with Gasteiger partial charge in [0.25, 0.3) is 0 Å². The molecule has 2 aliphatic rings. The number of carbonyl (C=O) groups excluding carboxylic acids is 1. The highest BCUT2D eigenvalue weighted by Crippen LogP contribution is 2.41. The molecule has 5 aromatic carbocycles. The van der Waals surface area contributed by atoms with Crippen LogP contribution in [0.5, 0.6) is 0 Å². The van der Waals surface area contributed by atoms with E-state index in [1.54, 1.807) is 0 Å². The van der Waals surface area contributed by atoms with Crippen molar-refractivity contribution in [2.75, 3.05) is 24.7 Å². The summed E-state index contributed by atoms with van der Waals surface area (Å²) in [4.78, 5) is 13.8. The van der Waals surface area contributed by atoms with Gasteiger partial charge in [-0.3, -0.25) is 0 Å². The van der Waals surface area contributed by atoms with E-state index in [4.69, 9.17) is 14.2 Å². The third kappa shape index (κ3) is 8.93. The van der Waals surface area contributed by atoms with Crippen LogP contribution in [0.1, 0.15) is 47.1 Å². The Morgan fingerprint density at radius 3 is 1.82 bits per heavy atom. The minimum absolute atomic E-state index is 0.317. The van der Waals surface area contributed by atoms with Crippen LogP contribution in [0.4, 0.5) is 17.1 Å². The summed E-state index contributed by atoms with van der Waals surface area (Å²) in [5.74, 6) is 0.152. The molecule has 0 N–H and O–H groups in total. The van der Waals surface area contributed by atoms with Crippen LogP contribution >= 0.6 is 0 Å². The zero-order valence-corrected chi connectivity index (χ0v) is 29.0. The van der Waals surface area contributed by atoms with E-state index in [9.17, 15) is 4.79 Å². The van der Waals surface area contributed by atoms with Crippen LogP contribution in [-0.2, 0) is 31.8 Å². The van der Waals surface area contributed by atoms with Gasteiger partial charge < -0.3 is 19.1 Å². The topological polar surface area (TPSA) is 51.3 Å². The van der Waals surface area contributed by atoms with Crippen molar-refractivity contribution in [3.8, 4) is 0 Å². The number of nitrogens with zero attached hydrogens (tertiary/aromatic N) is 1.